The minimum atomic E-state index is -3.63. The van der Waals surface area contributed by atoms with Gasteiger partial charge in [-0.05, 0) is 30.7 Å². The Morgan fingerprint density at radius 1 is 1.04 bits per heavy atom. The molecule has 1 aromatic heterocycles. The number of sulfonamides is 1. The first-order valence-electron chi connectivity index (χ1n) is 8.66. The summed E-state index contributed by atoms with van der Waals surface area (Å²) in [5.41, 5.74) is 1.54. The average Bonchev–Trinajstić information content (AvgIpc) is 2.92. The Hall–Kier alpha value is -2.42. The quantitative estimate of drug-likeness (QED) is 0.697. The first kappa shape index (κ1) is 19.3. The molecule has 0 saturated heterocycles. The Morgan fingerprint density at radius 3 is 2.30 bits per heavy atom. The lowest BCUT2D eigenvalue weighted by atomic mass is 10.1. The third kappa shape index (κ3) is 3.43. The first-order chi connectivity index (χ1) is 12.8. The second-order valence-corrected chi connectivity index (χ2v) is 8.65. The molecule has 0 bridgehead atoms. The predicted molar refractivity (Wildman–Crippen MR) is 104 cm³/mol. The summed E-state index contributed by atoms with van der Waals surface area (Å²) in [6, 6.07) is 13.7. The first-order valence-corrected chi connectivity index (χ1v) is 10.1. The van der Waals surface area contributed by atoms with Crippen LogP contribution in [0.25, 0.3) is 11.0 Å². The molecule has 0 radical (unpaired) electrons. The smallest absolute Gasteiger partial charge is 0.329 e. The highest BCUT2D eigenvalue weighted by Gasteiger charge is 2.21. The van der Waals surface area contributed by atoms with E-state index >= 15 is 0 Å². The zero-order valence-corrected chi connectivity index (χ0v) is 16.3. The van der Waals surface area contributed by atoms with E-state index in [-0.39, 0.29) is 17.1 Å². The number of benzene rings is 2. The van der Waals surface area contributed by atoms with E-state index in [0.717, 1.165) is 4.31 Å². The van der Waals surface area contributed by atoms with Crippen molar-refractivity contribution in [3.63, 3.8) is 0 Å². The maximum Gasteiger partial charge on any atom is 0.329 e. The summed E-state index contributed by atoms with van der Waals surface area (Å²) in [7, 11) is -0.707. The summed E-state index contributed by atoms with van der Waals surface area (Å²) >= 11 is 0. The molecule has 0 spiro atoms. The molecule has 0 aliphatic carbocycles. The molecule has 7 nitrogen and oxygen atoms in total. The highest BCUT2D eigenvalue weighted by molar-refractivity contribution is 7.89. The fourth-order valence-corrected chi connectivity index (χ4v) is 4.03. The zero-order chi connectivity index (χ0) is 19.8. The van der Waals surface area contributed by atoms with Crippen molar-refractivity contribution in [1.29, 1.82) is 0 Å². The van der Waals surface area contributed by atoms with Crippen LogP contribution in [0.5, 0.6) is 0 Å². The van der Waals surface area contributed by atoms with E-state index in [0.29, 0.717) is 23.1 Å². The molecule has 1 heterocycles. The van der Waals surface area contributed by atoms with Crippen LogP contribution in [0.1, 0.15) is 18.6 Å². The van der Waals surface area contributed by atoms with Crippen molar-refractivity contribution in [2.24, 2.45) is 0 Å². The Labute approximate surface area is 158 Å². The van der Waals surface area contributed by atoms with Crippen LogP contribution in [0.3, 0.4) is 0 Å². The number of rotatable bonds is 6. The van der Waals surface area contributed by atoms with Crippen molar-refractivity contribution in [3.05, 3.63) is 64.6 Å². The minimum Gasteiger partial charge on any atom is -0.387 e. The normalized spacial score (nSPS) is 13.4. The largest absolute Gasteiger partial charge is 0.387 e. The van der Waals surface area contributed by atoms with Gasteiger partial charge in [0, 0.05) is 20.6 Å². The molecule has 144 valence electrons. The van der Waals surface area contributed by atoms with Gasteiger partial charge in [-0.25, -0.2) is 17.5 Å². The van der Waals surface area contributed by atoms with Gasteiger partial charge in [-0.15, -0.1) is 0 Å². The van der Waals surface area contributed by atoms with Gasteiger partial charge in [0.1, 0.15) is 0 Å². The minimum absolute atomic E-state index is 0.0395. The van der Waals surface area contributed by atoms with Crippen LogP contribution in [-0.2, 0) is 23.1 Å². The maximum atomic E-state index is 12.8. The monoisotopic (exact) mass is 389 g/mol. The van der Waals surface area contributed by atoms with E-state index in [1.54, 1.807) is 22.8 Å². The lowest BCUT2D eigenvalue weighted by Crippen LogP contribution is -2.26. The number of aromatic nitrogens is 2. The van der Waals surface area contributed by atoms with E-state index in [4.69, 9.17) is 0 Å². The van der Waals surface area contributed by atoms with Crippen molar-refractivity contribution in [1.82, 2.24) is 13.4 Å². The Bertz CT molecular complexity index is 1120. The third-order valence-corrected chi connectivity index (χ3v) is 6.44. The topological polar surface area (TPSA) is 84.5 Å². The van der Waals surface area contributed by atoms with E-state index in [1.165, 1.54) is 30.8 Å². The summed E-state index contributed by atoms with van der Waals surface area (Å²) in [5.74, 6) is 0. The molecule has 1 unspecified atom stereocenters. The molecule has 0 amide bonds. The molecule has 2 aromatic carbocycles. The van der Waals surface area contributed by atoms with Crippen molar-refractivity contribution in [3.8, 4) is 0 Å². The lowest BCUT2D eigenvalue weighted by Gasteiger charge is -2.13. The van der Waals surface area contributed by atoms with Gasteiger partial charge in [0.25, 0.3) is 0 Å². The molecule has 3 aromatic rings. The van der Waals surface area contributed by atoms with Crippen molar-refractivity contribution in [2.45, 2.75) is 31.0 Å². The number of aliphatic hydroxyl groups excluding tert-OH is 1. The standard InChI is InChI=1S/C19H23N3O4S/c1-4-21-16-11-10-15(27(25,26)20(2)3)12-17(16)22(19(21)24)13-18(23)14-8-6-5-7-9-14/h5-12,18,23H,4,13H2,1-3H3. The van der Waals surface area contributed by atoms with Crippen LogP contribution >= 0.6 is 0 Å². The molecule has 0 aliphatic rings. The van der Waals surface area contributed by atoms with Crippen molar-refractivity contribution in [2.75, 3.05) is 14.1 Å². The molecule has 3 rings (SSSR count). The molecular weight excluding hydrogens is 366 g/mol. The molecular formula is C19H23N3O4S. The molecule has 8 heteroatoms. The van der Waals surface area contributed by atoms with Crippen LogP contribution in [0.15, 0.2) is 58.2 Å². The van der Waals surface area contributed by atoms with E-state index in [1.807, 2.05) is 25.1 Å². The average molecular weight is 389 g/mol. The van der Waals surface area contributed by atoms with Gasteiger partial charge >= 0.3 is 5.69 Å². The fraction of sp³-hybridized carbons (Fsp3) is 0.316. The Kier molecular flexibility index (Phi) is 5.23. The molecule has 1 atom stereocenters. The second-order valence-electron chi connectivity index (χ2n) is 6.50. The Balaban J connectivity index is 2.16. The van der Waals surface area contributed by atoms with Gasteiger partial charge in [0.15, 0.2) is 0 Å². The second kappa shape index (κ2) is 7.30. The van der Waals surface area contributed by atoms with Crippen LogP contribution in [0, 0.1) is 0 Å². The molecule has 0 fully saturated rings. The number of hydrogen-bond donors (Lipinski definition) is 1. The summed E-state index contributed by atoms with van der Waals surface area (Å²) in [4.78, 5) is 12.9. The van der Waals surface area contributed by atoms with E-state index in [9.17, 15) is 18.3 Å². The summed E-state index contributed by atoms with van der Waals surface area (Å²) in [5, 5.41) is 10.6. The van der Waals surface area contributed by atoms with Gasteiger partial charge in [-0.1, -0.05) is 30.3 Å². The SMILES string of the molecule is CCn1c(=O)n(CC(O)c2ccccc2)c2cc(S(=O)(=O)N(C)C)ccc21. The molecule has 27 heavy (non-hydrogen) atoms. The van der Waals surface area contributed by atoms with Crippen molar-refractivity contribution >= 4 is 21.1 Å². The maximum absolute atomic E-state index is 12.8. The molecule has 0 saturated carbocycles. The third-order valence-electron chi connectivity index (χ3n) is 4.62. The van der Waals surface area contributed by atoms with Crippen LogP contribution in [-0.4, -0.2) is 41.1 Å². The van der Waals surface area contributed by atoms with Gasteiger partial charge < -0.3 is 5.11 Å². The number of hydrogen-bond acceptors (Lipinski definition) is 4. The van der Waals surface area contributed by atoms with Crippen LogP contribution in [0.2, 0.25) is 0 Å². The number of nitrogens with zero attached hydrogens (tertiary/aromatic N) is 3. The fourth-order valence-electron chi connectivity index (χ4n) is 3.11. The van der Waals surface area contributed by atoms with E-state index in [2.05, 4.69) is 0 Å². The van der Waals surface area contributed by atoms with Crippen LogP contribution < -0.4 is 5.69 Å². The Morgan fingerprint density at radius 2 is 1.70 bits per heavy atom. The van der Waals surface area contributed by atoms with E-state index < -0.39 is 16.1 Å². The summed E-state index contributed by atoms with van der Waals surface area (Å²) in [6.45, 7) is 2.34. The van der Waals surface area contributed by atoms with Crippen molar-refractivity contribution < 1.29 is 13.5 Å². The summed E-state index contributed by atoms with van der Waals surface area (Å²) in [6.07, 6.45) is -0.881. The van der Waals surface area contributed by atoms with Gasteiger partial charge in [0.2, 0.25) is 10.0 Å². The number of aryl methyl sites for hydroxylation is 1. The number of imidazole rings is 1. The highest BCUT2D eigenvalue weighted by Crippen LogP contribution is 2.23. The number of aliphatic hydroxyl groups is 1. The van der Waals surface area contributed by atoms with Gasteiger partial charge in [-0.3, -0.25) is 9.13 Å². The zero-order valence-electron chi connectivity index (χ0n) is 15.5. The lowest BCUT2D eigenvalue weighted by molar-refractivity contribution is 0.156. The highest BCUT2D eigenvalue weighted by atomic mass is 32.2. The van der Waals surface area contributed by atoms with Gasteiger partial charge in [-0.2, -0.15) is 0 Å². The summed E-state index contributed by atoms with van der Waals surface area (Å²) < 4.78 is 29.1. The number of fused-ring (bicyclic) bond motifs is 1. The molecule has 0 aliphatic heterocycles. The van der Waals surface area contributed by atoms with Crippen LogP contribution in [0.4, 0.5) is 0 Å². The van der Waals surface area contributed by atoms with Gasteiger partial charge in [0.05, 0.1) is 28.6 Å². The predicted octanol–water partition coefficient (Wildman–Crippen LogP) is 1.81. The molecule has 1 N–H and O–H groups in total.